The molecule has 1 N–H and O–H groups in total. The van der Waals surface area contributed by atoms with E-state index in [-0.39, 0.29) is 11.9 Å². The summed E-state index contributed by atoms with van der Waals surface area (Å²) >= 11 is 0. The Bertz CT molecular complexity index is 1080. The van der Waals surface area contributed by atoms with Crippen LogP contribution < -0.4 is 9.62 Å². The van der Waals surface area contributed by atoms with E-state index in [0.717, 1.165) is 22.9 Å². The van der Waals surface area contributed by atoms with E-state index < -0.39 is 10.0 Å². The smallest absolute Gasteiger partial charge is 0.252 e. The maximum absolute atomic E-state index is 12.9. The van der Waals surface area contributed by atoms with Crippen LogP contribution in [0.4, 0.5) is 5.69 Å². The minimum Gasteiger partial charge on any atom is -0.341 e. The lowest BCUT2D eigenvalue weighted by Crippen LogP contribution is -2.29. The van der Waals surface area contributed by atoms with Crippen LogP contribution in [-0.2, 0) is 10.0 Å². The average molecular weight is 409 g/mol. The number of hydrogen-bond donors (Lipinski definition) is 1. The van der Waals surface area contributed by atoms with Crippen LogP contribution in [0.15, 0.2) is 78.9 Å². The summed E-state index contributed by atoms with van der Waals surface area (Å²) in [5, 5.41) is 3.09. The molecule has 0 fully saturated rings. The minimum atomic E-state index is -3.35. The van der Waals surface area contributed by atoms with Crippen LogP contribution in [0.3, 0.4) is 0 Å². The second kappa shape index (κ2) is 8.49. The topological polar surface area (TPSA) is 66.5 Å². The van der Waals surface area contributed by atoms with Crippen molar-refractivity contribution < 1.29 is 13.2 Å². The number of nitrogens with one attached hydrogen (secondary N) is 1. The van der Waals surface area contributed by atoms with Gasteiger partial charge in [0.05, 0.1) is 18.0 Å². The third-order valence-electron chi connectivity index (χ3n) is 4.81. The highest BCUT2D eigenvalue weighted by Crippen LogP contribution is 2.23. The van der Waals surface area contributed by atoms with Gasteiger partial charge in [-0.05, 0) is 42.3 Å². The maximum Gasteiger partial charge on any atom is 0.252 e. The van der Waals surface area contributed by atoms with E-state index in [9.17, 15) is 13.2 Å². The van der Waals surface area contributed by atoms with E-state index in [0.29, 0.717) is 11.3 Å². The number of nitrogens with zero attached hydrogens (tertiary/aromatic N) is 1. The van der Waals surface area contributed by atoms with Gasteiger partial charge in [0.2, 0.25) is 10.0 Å². The number of carbonyl (C=O) groups is 1. The predicted molar refractivity (Wildman–Crippen MR) is 117 cm³/mol. The van der Waals surface area contributed by atoms with Gasteiger partial charge in [0, 0.05) is 12.6 Å². The first-order chi connectivity index (χ1) is 13.8. The largest absolute Gasteiger partial charge is 0.341 e. The number of hydrogen-bond acceptors (Lipinski definition) is 3. The minimum absolute atomic E-state index is 0.229. The summed E-state index contributed by atoms with van der Waals surface area (Å²) in [5.74, 6) is -0.229. The quantitative estimate of drug-likeness (QED) is 0.672. The molecule has 0 bridgehead atoms. The summed E-state index contributed by atoms with van der Waals surface area (Å²) in [6, 6.07) is 24.1. The second-order valence-electron chi connectivity index (χ2n) is 7.01. The number of amides is 1. The lowest BCUT2D eigenvalue weighted by Gasteiger charge is -2.21. The molecule has 0 aliphatic rings. The molecule has 1 atom stereocenters. The molecule has 29 heavy (non-hydrogen) atoms. The lowest BCUT2D eigenvalue weighted by atomic mass is 9.97. The number of sulfonamides is 1. The van der Waals surface area contributed by atoms with Crippen LogP contribution in [0, 0.1) is 6.92 Å². The Labute approximate surface area is 172 Å². The molecule has 6 heteroatoms. The molecule has 0 saturated carbocycles. The van der Waals surface area contributed by atoms with Crippen molar-refractivity contribution in [3.05, 3.63) is 101 Å². The molecule has 0 aromatic heterocycles. The fraction of sp³-hybridized carbons (Fsp3) is 0.174. The Morgan fingerprint density at radius 3 is 1.97 bits per heavy atom. The van der Waals surface area contributed by atoms with E-state index in [2.05, 4.69) is 5.32 Å². The molecule has 0 saturated heterocycles. The number of anilines is 1. The van der Waals surface area contributed by atoms with Crippen LogP contribution in [0.5, 0.6) is 0 Å². The van der Waals surface area contributed by atoms with Crippen molar-refractivity contribution in [2.24, 2.45) is 0 Å². The molecule has 0 spiro atoms. The molecule has 0 aliphatic heterocycles. The molecule has 0 radical (unpaired) electrons. The molecule has 3 aromatic rings. The van der Waals surface area contributed by atoms with E-state index in [1.165, 1.54) is 11.4 Å². The zero-order chi connectivity index (χ0) is 21.0. The Morgan fingerprint density at radius 1 is 0.862 bits per heavy atom. The Kier molecular flexibility index (Phi) is 6.03. The highest BCUT2D eigenvalue weighted by atomic mass is 32.2. The SMILES string of the molecule is Cc1ccc([C@@H](NC(=O)c2ccc(N(C)S(C)(=O)=O)cc2)c2ccccc2)cc1. The van der Waals surface area contributed by atoms with Gasteiger partial charge < -0.3 is 5.32 Å². The highest BCUT2D eigenvalue weighted by molar-refractivity contribution is 7.92. The molecule has 1 amide bonds. The number of rotatable bonds is 6. The summed E-state index contributed by atoms with van der Waals surface area (Å²) in [4.78, 5) is 12.9. The van der Waals surface area contributed by atoms with Crippen LogP contribution in [0.1, 0.15) is 33.1 Å². The first-order valence-corrected chi connectivity index (χ1v) is 11.1. The van der Waals surface area contributed by atoms with Crippen LogP contribution in [0.2, 0.25) is 0 Å². The molecule has 150 valence electrons. The van der Waals surface area contributed by atoms with E-state index >= 15 is 0 Å². The van der Waals surface area contributed by atoms with Crippen molar-refractivity contribution in [1.29, 1.82) is 0 Å². The van der Waals surface area contributed by atoms with Crippen molar-refractivity contribution in [2.45, 2.75) is 13.0 Å². The van der Waals surface area contributed by atoms with Crippen molar-refractivity contribution in [3.63, 3.8) is 0 Å². The second-order valence-corrected chi connectivity index (χ2v) is 9.02. The van der Waals surface area contributed by atoms with Crippen molar-refractivity contribution in [2.75, 3.05) is 17.6 Å². The molecule has 5 nitrogen and oxygen atoms in total. The normalized spacial score (nSPS) is 12.2. The van der Waals surface area contributed by atoms with Gasteiger partial charge in [-0.15, -0.1) is 0 Å². The van der Waals surface area contributed by atoms with E-state index in [1.54, 1.807) is 24.3 Å². The average Bonchev–Trinajstić information content (AvgIpc) is 2.72. The molecule has 3 aromatic carbocycles. The third kappa shape index (κ3) is 5.03. The fourth-order valence-corrected chi connectivity index (χ4v) is 3.50. The van der Waals surface area contributed by atoms with Gasteiger partial charge in [-0.1, -0.05) is 60.2 Å². The number of aryl methyl sites for hydroxylation is 1. The van der Waals surface area contributed by atoms with Crippen LogP contribution in [-0.4, -0.2) is 27.6 Å². The zero-order valence-electron chi connectivity index (χ0n) is 16.7. The summed E-state index contributed by atoms with van der Waals surface area (Å²) in [6.45, 7) is 2.02. The Morgan fingerprint density at radius 2 is 1.41 bits per heavy atom. The van der Waals surface area contributed by atoms with Crippen LogP contribution in [0.25, 0.3) is 0 Å². The monoisotopic (exact) mass is 408 g/mol. The van der Waals surface area contributed by atoms with Crippen molar-refractivity contribution in [1.82, 2.24) is 5.32 Å². The van der Waals surface area contributed by atoms with Gasteiger partial charge >= 0.3 is 0 Å². The van der Waals surface area contributed by atoms with E-state index in [4.69, 9.17) is 0 Å². The molecule has 0 unspecified atom stereocenters. The predicted octanol–water partition coefficient (Wildman–Crippen LogP) is 3.91. The summed E-state index contributed by atoms with van der Waals surface area (Å²) in [7, 11) is -1.87. The molecule has 0 heterocycles. The highest BCUT2D eigenvalue weighted by Gasteiger charge is 2.18. The molecular weight excluding hydrogens is 384 g/mol. The number of benzene rings is 3. The Balaban J connectivity index is 1.86. The van der Waals surface area contributed by atoms with Crippen LogP contribution >= 0.6 is 0 Å². The number of carbonyl (C=O) groups excluding carboxylic acids is 1. The van der Waals surface area contributed by atoms with Gasteiger partial charge in [-0.25, -0.2) is 8.42 Å². The molecule has 3 rings (SSSR count). The third-order valence-corrected chi connectivity index (χ3v) is 6.02. The van der Waals surface area contributed by atoms with Crippen molar-refractivity contribution >= 4 is 21.6 Å². The van der Waals surface area contributed by atoms with Gasteiger partial charge in [-0.2, -0.15) is 0 Å². The fourth-order valence-electron chi connectivity index (χ4n) is 2.99. The van der Waals surface area contributed by atoms with Gasteiger partial charge in [-0.3, -0.25) is 9.10 Å². The first-order valence-electron chi connectivity index (χ1n) is 9.22. The van der Waals surface area contributed by atoms with Crippen molar-refractivity contribution in [3.8, 4) is 0 Å². The Hall–Kier alpha value is -3.12. The van der Waals surface area contributed by atoms with Gasteiger partial charge in [0.1, 0.15) is 0 Å². The summed E-state index contributed by atoms with van der Waals surface area (Å²) < 4.78 is 24.5. The van der Waals surface area contributed by atoms with Gasteiger partial charge in [0.25, 0.3) is 5.91 Å². The van der Waals surface area contributed by atoms with E-state index in [1.807, 2.05) is 61.5 Å². The molecule has 0 aliphatic carbocycles. The molecular formula is C23H24N2O3S. The summed E-state index contributed by atoms with van der Waals surface area (Å²) in [6.07, 6.45) is 1.14. The first kappa shape index (κ1) is 20.6. The van der Waals surface area contributed by atoms with Gasteiger partial charge in [0.15, 0.2) is 0 Å². The maximum atomic E-state index is 12.9. The summed E-state index contributed by atoms with van der Waals surface area (Å²) in [5.41, 5.74) is 4.09. The lowest BCUT2D eigenvalue weighted by molar-refractivity contribution is 0.0943. The standard InChI is InChI=1S/C23H24N2O3S/c1-17-9-11-19(12-10-17)22(18-7-5-4-6-8-18)24-23(26)20-13-15-21(16-14-20)25(2)29(3,27)28/h4-16,22H,1-3H3,(H,24,26)/t22-/m0/s1. The zero-order valence-corrected chi connectivity index (χ0v) is 17.5.